The molecule has 0 radical (unpaired) electrons. The number of rotatable bonds is 4. The van der Waals surface area contributed by atoms with E-state index in [1.165, 1.54) is 28.6 Å². The molecule has 7 nitrogen and oxygen atoms in total. The lowest BCUT2D eigenvalue weighted by molar-refractivity contribution is 0.0718. The van der Waals surface area contributed by atoms with Crippen molar-refractivity contribution in [1.82, 2.24) is 9.21 Å². The Balaban J connectivity index is 1.42. The minimum absolute atomic E-state index is 0.0360. The van der Waals surface area contributed by atoms with Crippen LogP contribution in [0.3, 0.4) is 0 Å². The van der Waals surface area contributed by atoms with Crippen molar-refractivity contribution < 1.29 is 27.1 Å². The molecule has 0 aliphatic carbocycles. The minimum Gasteiger partial charge on any atom is -0.504 e. The smallest absolute Gasteiger partial charge is 0.255 e. The van der Waals surface area contributed by atoms with Crippen molar-refractivity contribution >= 4 is 44.8 Å². The number of halogens is 4. The minimum atomic E-state index is -3.93. The van der Waals surface area contributed by atoms with Gasteiger partial charge in [-0.25, -0.2) is 17.2 Å². The van der Waals surface area contributed by atoms with Gasteiger partial charge in [-0.1, -0.05) is 23.2 Å². The predicted octanol–water partition coefficient (Wildman–Crippen LogP) is 4.45. The van der Waals surface area contributed by atoms with Gasteiger partial charge < -0.3 is 14.9 Å². The monoisotopic (exact) mass is 559 g/mol. The molecule has 3 aliphatic heterocycles. The first-order valence-electron chi connectivity index (χ1n) is 11.8. The van der Waals surface area contributed by atoms with Crippen molar-refractivity contribution in [3.8, 4) is 5.75 Å². The van der Waals surface area contributed by atoms with E-state index in [9.17, 15) is 27.1 Å². The van der Waals surface area contributed by atoms with Crippen LogP contribution in [0.25, 0.3) is 0 Å². The van der Waals surface area contributed by atoms with Gasteiger partial charge in [-0.15, -0.1) is 0 Å². The van der Waals surface area contributed by atoms with E-state index in [0.717, 1.165) is 18.9 Å². The van der Waals surface area contributed by atoms with E-state index in [0.29, 0.717) is 18.8 Å². The van der Waals surface area contributed by atoms with Crippen LogP contribution < -0.4 is 4.90 Å². The van der Waals surface area contributed by atoms with Crippen molar-refractivity contribution in [2.45, 2.75) is 48.8 Å². The Bertz CT molecular complexity index is 1290. The number of likely N-dealkylation sites (tertiary alicyclic amines) is 1. The van der Waals surface area contributed by atoms with Gasteiger partial charge in [0.25, 0.3) is 5.91 Å². The number of amides is 1. The molecule has 1 N–H and O–H groups in total. The number of fused-ring (bicyclic) bond motifs is 2. The lowest BCUT2D eigenvalue weighted by atomic mass is 10.1. The van der Waals surface area contributed by atoms with E-state index in [2.05, 4.69) is 0 Å². The third kappa shape index (κ3) is 4.53. The van der Waals surface area contributed by atoms with Crippen LogP contribution in [0.2, 0.25) is 10.0 Å². The molecule has 5 rings (SSSR count). The number of carbonyl (C=O) groups excluding carboxylic acids is 1. The summed E-state index contributed by atoms with van der Waals surface area (Å²) in [6, 6.07) is 5.91. The van der Waals surface area contributed by atoms with Gasteiger partial charge >= 0.3 is 0 Å². The van der Waals surface area contributed by atoms with Gasteiger partial charge in [-0.2, -0.15) is 4.31 Å². The molecule has 0 spiro atoms. The summed E-state index contributed by atoms with van der Waals surface area (Å²) in [6.45, 7) is 0.798. The first-order chi connectivity index (χ1) is 17.1. The topological polar surface area (TPSA) is 81.2 Å². The number of nitrogens with zero attached hydrogens (tertiary/aromatic N) is 3. The molecule has 0 aromatic heterocycles. The number of carbonyl (C=O) groups is 1. The first-order valence-corrected chi connectivity index (χ1v) is 13.9. The molecular formula is C24H25Cl2F2N3O4S. The molecule has 36 heavy (non-hydrogen) atoms. The number of hydrogen-bond donors (Lipinski definition) is 1. The van der Waals surface area contributed by atoms with E-state index in [4.69, 9.17) is 23.2 Å². The second kappa shape index (κ2) is 9.63. The normalized spacial score (nSPS) is 23.3. The van der Waals surface area contributed by atoms with Crippen LogP contribution in [-0.4, -0.2) is 73.1 Å². The number of alkyl halides is 1. The molecule has 1 amide bonds. The van der Waals surface area contributed by atoms with Crippen molar-refractivity contribution in [2.75, 3.05) is 31.1 Å². The number of piperazine rings is 1. The zero-order valence-corrected chi connectivity index (χ0v) is 21.5. The molecule has 3 fully saturated rings. The highest BCUT2D eigenvalue weighted by Gasteiger charge is 2.43. The zero-order chi connectivity index (χ0) is 25.8. The summed E-state index contributed by atoms with van der Waals surface area (Å²) in [7, 11) is -3.93. The average Bonchev–Trinajstić information content (AvgIpc) is 3.09. The number of aromatic hydroxyl groups is 1. The SMILES string of the molecule is O=C(c1ccc(F)cc1Cl)N1CC2CCC(C1)N2c1cc(S(=O)(=O)N2CCC(F)CC2)cc(Cl)c1O. The van der Waals surface area contributed by atoms with Gasteiger partial charge in [-0.3, -0.25) is 4.79 Å². The lowest BCUT2D eigenvalue weighted by Gasteiger charge is -2.43. The summed E-state index contributed by atoms with van der Waals surface area (Å²) >= 11 is 12.4. The molecule has 2 aromatic rings. The summed E-state index contributed by atoms with van der Waals surface area (Å²) in [4.78, 5) is 16.6. The van der Waals surface area contributed by atoms with E-state index >= 15 is 0 Å². The number of phenols is 1. The van der Waals surface area contributed by atoms with E-state index in [-0.39, 0.29) is 70.2 Å². The van der Waals surface area contributed by atoms with Crippen LogP contribution in [0.15, 0.2) is 35.2 Å². The summed E-state index contributed by atoms with van der Waals surface area (Å²) in [5.74, 6) is -1.07. The van der Waals surface area contributed by atoms with Crippen molar-refractivity contribution in [1.29, 1.82) is 0 Å². The predicted molar refractivity (Wildman–Crippen MR) is 133 cm³/mol. The third-order valence-electron chi connectivity index (χ3n) is 7.25. The van der Waals surface area contributed by atoms with Crippen LogP contribution in [0.4, 0.5) is 14.5 Å². The number of anilines is 1. The zero-order valence-electron chi connectivity index (χ0n) is 19.2. The largest absolute Gasteiger partial charge is 0.504 e. The van der Waals surface area contributed by atoms with Gasteiger partial charge in [-0.05, 0) is 56.0 Å². The van der Waals surface area contributed by atoms with Crippen molar-refractivity contribution in [3.63, 3.8) is 0 Å². The summed E-state index contributed by atoms with van der Waals surface area (Å²) in [5.41, 5.74) is 0.503. The molecule has 12 heteroatoms. The molecule has 2 unspecified atom stereocenters. The van der Waals surface area contributed by atoms with Crippen LogP contribution in [-0.2, 0) is 10.0 Å². The Morgan fingerprint density at radius 3 is 2.22 bits per heavy atom. The van der Waals surface area contributed by atoms with E-state index in [1.807, 2.05) is 4.90 Å². The Morgan fingerprint density at radius 1 is 0.972 bits per heavy atom. The number of benzene rings is 2. The van der Waals surface area contributed by atoms with Crippen molar-refractivity contribution in [3.05, 3.63) is 51.8 Å². The molecule has 3 heterocycles. The van der Waals surface area contributed by atoms with E-state index in [1.54, 1.807) is 4.90 Å². The fraction of sp³-hybridized carbons (Fsp3) is 0.458. The summed E-state index contributed by atoms with van der Waals surface area (Å²) in [6.07, 6.45) is 0.703. The van der Waals surface area contributed by atoms with Crippen molar-refractivity contribution in [2.24, 2.45) is 0 Å². The Hall–Kier alpha value is -2.14. The quantitative estimate of drug-likeness (QED) is 0.598. The number of sulfonamides is 1. The Morgan fingerprint density at radius 2 is 1.61 bits per heavy atom. The summed E-state index contributed by atoms with van der Waals surface area (Å²) < 4.78 is 54.8. The van der Waals surface area contributed by atoms with E-state index < -0.39 is 22.0 Å². The maximum atomic E-state index is 13.6. The van der Waals surface area contributed by atoms with Gasteiger partial charge in [0.1, 0.15) is 12.0 Å². The summed E-state index contributed by atoms with van der Waals surface area (Å²) in [5, 5.41) is 10.7. The highest BCUT2D eigenvalue weighted by atomic mass is 35.5. The van der Waals surface area contributed by atoms with Gasteiger partial charge in [0.15, 0.2) is 5.75 Å². The molecule has 0 saturated carbocycles. The highest BCUT2D eigenvalue weighted by Crippen LogP contribution is 2.44. The number of piperidine rings is 1. The molecule has 3 saturated heterocycles. The second-order valence-electron chi connectivity index (χ2n) is 9.48. The third-order valence-corrected chi connectivity index (χ3v) is 9.72. The van der Waals surface area contributed by atoms with Gasteiger partial charge in [0.05, 0.1) is 26.2 Å². The van der Waals surface area contributed by atoms with Gasteiger partial charge in [0, 0.05) is 38.3 Å². The standard InChI is InChI=1S/C24H25Cl2F2N3O4S/c25-20-9-15(28)1-4-19(20)24(33)29-12-16-2-3-17(13-29)31(16)22-11-18(10-21(26)23(22)32)36(34,35)30-7-5-14(27)6-8-30/h1,4,9-11,14,16-17,32H,2-3,5-8,12-13H2. The lowest BCUT2D eigenvalue weighted by Crippen LogP contribution is -2.55. The fourth-order valence-corrected chi connectivity index (χ4v) is 7.46. The van der Waals surface area contributed by atoms with Crippen LogP contribution in [0, 0.1) is 5.82 Å². The second-order valence-corrected chi connectivity index (χ2v) is 12.2. The molecule has 2 aromatic carbocycles. The highest BCUT2D eigenvalue weighted by molar-refractivity contribution is 7.89. The maximum absolute atomic E-state index is 13.6. The van der Waals surface area contributed by atoms with Gasteiger partial charge in [0.2, 0.25) is 10.0 Å². The molecule has 194 valence electrons. The molecular weight excluding hydrogens is 535 g/mol. The Labute approximate surface area is 218 Å². The average molecular weight is 560 g/mol. The van der Waals surface area contributed by atoms with Crippen LogP contribution >= 0.6 is 23.2 Å². The molecule has 2 atom stereocenters. The molecule has 2 bridgehead atoms. The van der Waals surface area contributed by atoms with Crippen LogP contribution in [0.5, 0.6) is 5.75 Å². The number of hydrogen-bond acceptors (Lipinski definition) is 5. The Kier molecular flexibility index (Phi) is 6.82. The molecule has 3 aliphatic rings. The number of phenolic OH excluding ortho intramolecular Hbond substituents is 1. The van der Waals surface area contributed by atoms with Crippen LogP contribution in [0.1, 0.15) is 36.0 Å². The first kappa shape index (κ1) is 25.5. The fourth-order valence-electron chi connectivity index (χ4n) is 5.42. The maximum Gasteiger partial charge on any atom is 0.255 e.